The van der Waals surface area contributed by atoms with Crippen LogP contribution in [0.4, 0.5) is 0 Å². The quantitative estimate of drug-likeness (QED) is 0.614. The number of hydrogen-bond acceptors (Lipinski definition) is 5. The minimum Gasteiger partial charge on any atom is -0.480 e. The van der Waals surface area contributed by atoms with Crippen molar-refractivity contribution in [3.63, 3.8) is 0 Å². The van der Waals surface area contributed by atoms with Gasteiger partial charge in [-0.2, -0.15) is 5.26 Å². The number of carbonyl (C=O) groups is 2. The second-order valence-corrected chi connectivity index (χ2v) is 8.73. The first-order valence-electron chi connectivity index (χ1n) is 11.1. The number of hydrogen-bond donors (Lipinski definition) is 1. The van der Waals surface area contributed by atoms with E-state index in [1.165, 1.54) is 4.90 Å². The van der Waals surface area contributed by atoms with E-state index in [0.717, 1.165) is 16.7 Å². The average molecular weight is 451 g/mol. The third-order valence-corrected chi connectivity index (χ3v) is 5.90. The second-order valence-electron chi connectivity index (χ2n) is 8.73. The Bertz CT molecular complexity index is 1020. The second kappa shape index (κ2) is 10.6. The smallest absolute Gasteiger partial charge is 0.326 e. The van der Waals surface area contributed by atoms with Gasteiger partial charge in [-0.1, -0.05) is 56.3 Å². The topological polar surface area (TPSA) is 99.9 Å². The molecule has 0 spiro atoms. The standard InChI is InChI=1S/C26H30N2O5/c1-18(2)24(25(30)31)28(23(29)12-13-26(3)32-14-15-33-26)17-19-8-10-20(11-9-19)22-7-5-4-6-21(22)16-27/h4-11,18,24H,12-15,17H2,1-3H3,(H,30,31)/t24-/m0/s1. The first-order chi connectivity index (χ1) is 15.7. The third-order valence-electron chi connectivity index (χ3n) is 5.90. The van der Waals surface area contributed by atoms with Gasteiger partial charge in [-0.25, -0.2) is 4.79 Å². The summed E-state index contributed by atoms with van der Waals surface area (Å²) in [4.78, 5) is 26.7. The summed E-state index contributed by atoms with van der Waals surface area (Å²) in [7, 11) is 0. The predicted octanol–water partition coefficient (Wildman–Crippen LogP) is 4.21. The lowest BCUT2D eigenvalue weighted by Gasteiger charge is -2.32. The van der Waals surface area contributed by atoms with Crippen LogP contribution in [0.2, 0.25) is 0 Å². The van der Waals surface area contributed by atoms with E-state index >= 15 is 0 Å². The van der Waals surface area contributed by atoms with Crippen molar-refractivity contribution in [2.75, 3.05) is 13.2 Å². The summed E-state index contributed by atoms with van der Waals surface area (Å²) in [5.74, 6) is -2.36. The monoisotopic (exact) mass is 450 g/mol. The van der Waals surface area contributed by atoms with Gasteiger partial charge in [0.1, 0.15) is 6.04 Å². The van der Waals surface area contributed by atoms with Gasteiger partial charge in [-0.15, -0.1) is 0 Å². The molecule has 0 saturated carbocycles. The number of carbonyl (C=O) groups excluding carboxylic acids is 1. The van der Waals surface area contributed by atoms with Crippen LogP contribution in [0.5, 0.6) is 0 Å². The van der Waals surface area contributed by atoms with Crippen molar-refractivity contribution in [2.24, 2.45) is 5.92 Å². The zero-order valence-electron chi connectivity index (χ0n) is 19.3. The summed E-state index contributed by atoms with van der Waals surface area (Å²) in [5.41, 5.74) is 3.11. The number of nitrogens with zero attached hydrogens (tertiary/aromatic N) is 2. The number of benzene rings is 2. The fourth-order valence-corrected chi connectivity index (χ4v) is 4.12. The molecule has 1 N–H and O–H groups in total. The molecule has 0 aliphatic carbocycles. The lowest BCUT2D eigenvalue weighted by atomic mass is 9.98. The van der Waals surface area contributed by atoms with E-state index in [4.69, 9.17) is 9.47 Å². The van der Waals surface area contributed by atoms with Crippen LogP contribution in [-0.2, 0) is 25.6 Å². The lowest BCUT2D eigenvalue weighted by molar-refractivity contribution is -0.160. The molecule has 7 heteroatoms. The summed E-state index contributed by atoms with van der Waals surface area (Å²) < 4.78 is 11.2. The van der Waals surface area contributed by atoms with E-state index < -0.39 is 17.8 Å². The van der Waals surface area contributed by atoms with Crippen LogP contribution in [0.3, 0.4) is 0 Å². The molecule has 7 nitrogen and oxygen atoms in total. The fourth-order valence-electron chi connectivity index (χ4n) is 4.12. The molecule has 1 aliphatic rings. The van der Waals surface area contributed by atoms with Crippen LogP contribution < -0.4 is 0 Å². The molecule has 1 amide bonds. The van der Waals surface area contributed by atoms with Gasteiger partial charge < -0.3 is 19.5 Å². The Morgan fingerprint density at radius 1 is 1.12 bits per heavy atom. The molecule has 2 aromatic carbocycles. The molecular formula is C26H30N2O5. The van der Waals surface area contributed by atoms with Gasteiger partial charge in [0, 0.05) is 19.4 Å². The molecule has 1 atom stereocenters. The van der Waals surface area contributed by atoms with Gasteiger partial charge in [0.2, 0.25) is 5.91 Å². The Kier molecular flexibility index (Phi) is 7.85. The number of ether oxygens (including phenoxy) is 2. The third kappa shape index (κ3) is 5.98. The highest BCUT2D eigenvalue weighted by Crippen LogP contribution is 2.27. The van der Waals surface area contributed by atoms with Crippen molar-refractivity contribution in [2.45, 2.75) is 52.0 Å². The van der Waals surface area contributed by atoms with Gasteiger partial charge in [0.05, 0.1) is 24.8 Å². The molecule has 174 valence electrons. The fraction of sp³-hybridized carbons (Fsp3) is 0.423. The van der Waals surface area contributed by atoms with Crippen LogP contribution in [0.25, 0.3) is 11.1 Å². The van der Waals surface area contributed by atoms with Crippen LogP contribution in [0.15, 0.2) is 48.5 Å². The van der Waals surface area contributed by atoms with E-state index in [0.29, 0.717) is 25.2 Å². The van der Waals surface area contributed by atoms with Crippen LogP contribution in [0, 0.1) is 17.2 Å². The number of rotatable bonds is 9. The summed E-state index contributed by atoms with van der Waals surface area (Å²) >= 11 is 0. The van der Waals surface area contributed by atoms with Gasteiger partial charge in [0.15, 0.2) is 5.79 Å². The highest BCUT2D eigenvalue weighted by atomic mass is 16.7. The summed E-state index contributed by atoms with van der Waals surface area (Å²) in [6, 6.07) is 16.1. The van der Waals surface area contributed by atoms with Crippen molar-refractivity contribution in [3.8, 4) is 17.2 Å². The van der Waals surface area contributed by atoms with Crippen molar-refractivity contribution >= 4 is 11.9 Å². The van der Waals surface area contributed by atoms with Crippen LogP contribution in [0.1, 0.15) is 44.7 Å². The zero-order chi connectivity index (χ0) is 24.0. The van der Waals surface area contributed by atoms with Gasteiger partial charge >= 0.3 is 5.97 Å². The van der Waals surface area contributed by atoms with E-state index in [2.05, 4.69) is 6.07 Å². The number of nitriles is 1. The Labute approximate surface area is 194 Å². The minimum atomic E-state index is -1.03. The Morgan fingerprint density at radius 2 is 1.76 bits per heavy atom. The maximum atomic E-state index is 13.2. The largest absolute Gasteiger partial charge is 0.480 e. The maximum Gasteiger partial charge on any atom is 0.326 e. The molecule has 1 heterocycles. The van der Waals surface area contributed by atoms with Crippen LogP contribution in [-0.4, -0.2) is 46.9 Å². The van der Waals surface area contributed by atoms with Gasteiger partial charge in [-0.05, 0) is 35.6 Å². The van der Waals surface area contributed by atoms with Crippen molar-refractivity contribution < 1.29 is 24.2 Å². The van der Waals surface area contributed by atoms with Gasteiger partial charge in [-0.3, -0.25) is 4.79 Å². The van der Waals surface area contributed by atoms with E-state index in [9.17, 15) is 20.0 Å². The normalized spacial score (nSPS) is 15.7. The summed E-state index contributed by atoms with van der Waals surface area (Å²) in [6.07, 6.45) is 0.483. The van der Waals surface area contributed by atoms with Crippen molar-refractivity contribution in [3.05, 3.63) is 59.7 Å². The predicted molar refractivity (Wildman–Crippen MR) is 123 cm³/mol. The lowest BCUT2D eigenvalue weighted by Crippen LogP contribution is -2.48. The minimum absolute atomic E-state index is 0.126. The summed E-state index contributed by atoms with van der Waals surface area (Å²) in [6.45, 7) is 6.54. The number of carboxylic acid groups (broad SMARTS) is 1. The number of carboxylic acids is 1. The number of amides is 1. The molecule has 0 aromatic heterocycles. The molecule has 3 rings (SSSR count). The zero-order valence-corrected chi connectivity index (χ0v) is 19.3. The van der Waals surface area contributed by atoms with Gasteiger partial charge in [0.25, 0.3) is 0 Å². The summed E-state index contributed by atoms with van der Waals surface area (Å²) in [5, 5.41) is 19.2. The average Bonchev–Trinajstić information content (AvgIpc) is 3.23. The first-order valence-corrected chi connectivity index (χ1v) is 11.1. The molecule has 0 radical (unpaired) electrons. The highest BCUT2D eigenvalue weighted by molar-refractivity contribution is 5.84. The molecule has 1 fully saturated rings. The van der Waals surface area contributed by atoms with E-state index in [1.54, 1.807) is 26.8 Å². The van der Waals surface area contributed by atoms with Crippen molar-refractivity contribution in [1.29, 1.82) is 5.26 Å². The molecule has 1 aliphatic heterocycles. The molecular weight excluding hydrogens is 420 g/mol. The number of aliphatic carboxylic acids is 1. The molecule has 33 heavy (non-hydrogen) atoms. The Hall–Kier alpha value is -3.21. The Morgan fingerprint density at radius 3 is 2.33 bits per heavy atom. The van der Waals surface area contributed by atoms with Crippen LogP contribution >= 0.6 is 0 Å². The van der Waals surface area contributed by atoms with E-state index in [-0.39, 0.29) is 24.8 Å². The highest BCUT2D eigenvalue weighted by Gasteiger charge is 2.35. The maximum absolute atomic E-state index is 13.2. The van der Waals surface area contributed by atoms with E-state index in [1.807, 2.05) is 42.5 Å². The molecule has 1 saturated heterocycles. The first kappa shape index (κ1) is 24.4. The molecule has 0 unspecified atom stereocenters. The molecule has 2 aromatic rings. The Balaban J connectivity index is 1.81. The van der Waals surface area contributed by atoms with Crippen molar-refractivity contribution in [1.82, 2.24) is 4.90 Å². The SMILES string of the molecule is CC(C)[C@@H](C(=O)O)N(Cc1ccc(-c2ccccc2C#N)cc1)C(=O)CCC1(C)OCCO1. The molecule has 0 bridgehead atoms.